The Balaban J connectivity index is 1.17. The third-order valence-corrected chi connectivity index (χ3v) is 10.9. The lowest BCUT2D eigenvalue weighted by Gasteiger charge is -2.10. The summed E-state index contributed by atoms with van der Waals surface area (Å²) in [5.74, 6) is 0.706. The van der Waals surface area contributed by atoms with Crippen LogP contribution in [0.15, 0.2) is 206 Å². The zero-order chi connectivity index (χ0) is 37.0. The molecule has 56 heavy (non-hydrogen) atoms. The van der Waals surface area contributed by atoms with Gasteiger partial charge in [-0.25, -0.2) is 9.97 Å². The van der Waals surface area contributed by atoms with E-state index < -0.39 is 0 Å². The monoisotopic (exact) mass is 714 g/mol. The van der Waals surface area contributed by atoms with Gasteiger partial charge in [-0.1, -0.05) is 140 Å². The maximum atomic E-state index is 5.20. The third-order valence-electron chi connectivity index (χ3n) is 10.9. The van der Waals surface area contributed by atoms with Gasteiger partial charge in [-0.2, -0.15) is 0 Å². The van der Waals surface area contributed by atoms with Crippen molar-refractivity contribution in [3.05, 3.63) is 206 Å². The van der Waals surface area contributed by atoms with Crippen LogP contribution in [0.5, 0.6) is 0 Å². The van der Waals surface area contributed by atoms with Crippen LogP contribution in [0.4, 0.5) is 0 Å². The van der Waals surface area contributed by atoms with Gasteiger partial charge in [0, 0.05) is 49.6 Å². The van der Waals surface area contributed by atoms with Gasteiger partial charge in [-0.15, -0.1) is 0 Å². The van der Waals surface area contributed by atoms with Crippen molar-refractivity contribution in [3.63, 3.8) is 0 Å². The van der Waals surface area contributed by atoms with Gasteiger partial charge in [-0.05, 0) is 77.9 Å². The van der Waals surface area contributed by atoms with Gasteiger partial charge in [0.05, 0.1) is 33.5 Å². The maximum Gasteiger partial charge on any atom is 0.160 e. The van der Waals surface area contributed by atoms with E-state index in [0.717, 1.165) is 50.5 Å². The predicted molar refractivity (Wildman–Crippen MR) is 232 cm³/mol. The van der Waals surface area contributed by atoms with Crippen molar-refractivity contribution in [2.75, 3.05) is 0 Å². The summed E-state index contributed by atoms with van der Waals surface area (Å²) in [6.45, 7) is 0. The van der Waals surface area contributed by atoms with Gasteiger partial charge in [0.1, 0.15) is 0 Å². The fraction of sp³-hybridized carbons (Fsp3) is 0. The van der Waals surface area contributed by atoms with E-state index in [-0.39, 0.29) is 0 Å². The van der Waals surface area contributed by atoms with E-state index >= 15 is 0 Å². The molecule has 4 heteroatoms. The zero-order valence-electron chi connectivity index (χ0n) is 30.4. The second kappa shape index (κ2) is 13.1. The zero-order valence-corrected chi connectivity index (χ0v) is 30.4. The Morgan fingerprint density at radius 1 is 0.304 bits per heavy atom. The molecular weight excluding hydrogens is 681 g/mol. The van der Waals surface area contributed by atoms with E-state index in [1.807, 2.05) is 24.3 Å². The van der Waals surface area contributed by atoms with Crippen LogP contribution >= 0.6 is 0 Å². The van der Waals surface area contributed by atoms with Crippen LogP contribution in [0.2, 0.25) is 0 Å². The summed E-state index contributed by atoms with van der Waals surface area (Å²) < 4.78 is 4.76. The number of rotatable bonds is 6. The van der Waals surface area contributed by atoms with Crippen molar-refractivity contribution in [3.8, 4) is 56.4 Å². The summed E-state index contributed by atoms with van der Waals surface area (Å²) >= 11 is 0. The first-order chi connectivity index (χ1) is 27.8. The molecule has 4 nitrogen and oxygen atoms in total. The highest BCUT2D eigenvalue weighted by Gasteiger charge is 2.20. The molecule has 0 aliphatic carbocycles. The van der Waals surface area contributed by atoms with E-state index in [0.29, 0.717) is 5.82 Å². The number of hydrogen-bond donors (Lipinski definition) is 0. The summed E-state index contributed by atoms with van der Waals surface area (Å²) in [5, 5.41) is 4.85. The van der Waals surface area contributed by atoms with Gasteiger partial charge in [0.15, 0.2) is 5.82 Å². The third kappa shape index (κ3) is 5.23. The van der Waals surface area contributed by atoms with Crippen molar-refractivity contribution in [1.82, 2.24) is 19.1 Å². The van der Waals surface area contributed by atoms with E-state index in [1.165, 1.54) is 43.7 Å². The molecule has 8 aromatic carbocycles. The van der Waals surface area contributed by atoms with Crippen molar-refractivity contribution in [2.45, 2.75) is 0 Å². The van der Waals surface area contributed by atoms with Gasteiger partial charge in [0.2, 0.25) is 0 Å². The Morgan fingerprint density at radius 2 is 0.804 bits per heavy atom. The van der Waals surface area contributed by atoms with Crippen LogP contribution in [-0.4, -0.2) is 19.1 Å². The van der Waals surface area contributed by atoms with Gasteiger partial charge >= 0.3 is 0 Å². The van der Waals surface area contributed by atoms with Gasteiger partial charge in [0.25, 0.3) is 0 Å². The molecule has 0 aliphatic heterocycles. The second-order valence-corrected chi connectivity index (χ2v) is 14.2. The first kappa shape index (κ1) is 31.9. The molecule has 0 aliphatic rings. The molecule has 0 saturated heterocycles. The summed E-state index contributed by atoms with van der Waals surface area (Å²) in [6, 6.07) is 73.2. The normalized spacial score (nSPS) is 11.6. The highest BCUT2D eigenvalue weighted by atomic mass is 15.0. The van der Waals surface area contributed by atoms with Gasteiger partial charge < -0.3 is 9.13 Å². The molecule has 3 aromatic heterocycles. The molecule has 0 radical (unpaired) electrons. The standard InChI is InChI=1S/C52H34N4/c1-5-16-35(17-6-1)45-34-46(54-52(53-45)36-18-7-2-8-19-36)38-29-31-49-44(33-38)51-41(25-15-27-50(51)56(49)40-22-11-4-12-23-40)37-28-30-48-43(32-37)42-24-13-14-26-47(42)55(48)39-20-9-3-10-21-39/h1-34H. The summed E-state index contributed by atoms with van der Waals surface area (Å²) in [6.07, 6.45) is 0. The van der Waals surface area contributed by atoms with E-state index in [9.17, 15) is 0 Å². The molecule has 11 rings (SSSR count). The topological polar surface area (TPSA) is 35.6 Å². The van der Waals surface area contributed by atoms with Crippen LogP contribution in [0, 0.1) is 0 Å². The number of fused-ring (bicyclic) bond motifs is 6. The van der Waals surface area contributed by atoms with Gasteiger partial charge in [-0.3, -0.25) is 0 Å². The molecule has 0 amide bonds. The summed E-state index contributed by atoms with van der Waals surface area (Å²) in [4.78, 5) is 10.3. The first-order valence-corrected chi connectivity index (χ1v) is 19.0. The Morgan fingerprint density at radius 3 is 1.50 bits per heavy atom. The average molecular weight is 715 g/mol. The van der Waals surface area contributed by atoms with Crippen LogP contribution in [-0.2, 0) is 0 Å². The maximum absolute atomic E-state index is 5.20. The largest absolute Gasteiger partial charge is 0.309 e. The van der Waals surface area contributed by atoms with Crippen molar-refractivity contribution < 1.29 is 0 Å². The minimum atomic E-state index is 0.706. The van der Waals surface area contributed by atoms with Crippen LogP contribution < -0.4 is 0 Å². The molecule has 0 spiro atoms. The molecule has 11 aromatic rings. The summed E-state index contributed by atoms with van der Waals surface area (Å²) in [7, 11) is 0. The molecule has 0 atom stereocenters. The lowest BCUT2D eigenvalue weighted by molar-refractivity contribution is 1.18. The quantitative estimate of drug-likeness (QED) is 0.172. The molecule has 0 N–H and O–H groups in total. The number of aromatic nitrogens is 4. The van der Waals surface area contributed by atoms with E-state index in [2.05, 4.69) is 191 Å². The lowest BCUT2D eigenvalue weighted by atomic mass is 9.97. The minimum Gasteiger partial charge on any atom is -0.309 e. The number of para-hydroxylation sites is 3. The molecule has 0 bridgehead atoms. The summed E-state index contributed by atoms with van der Waals surface area (Å²) in [5.41, 5.74) is 14.2. The number of hydrogen-bond acceptors (Lipinski definition) is 2. The van der Waals surface area contributed by atoms with E-state index in [4.69, 9.17) is 9.97 Å². The fourth-order valence-electron chi connectivity index (χ4n) is 8.39. The molecule has 0 saturated carbocycles. The van der Waals surface area contributed by atoms with Crippen LogP contribution in [0.25, 0.3) is 100 Å². The average Bonchev–Trinajstić information content (AvgIpc) is 3.80. The Bertz CT molecular complexity index is 3160. The van der Waals surface area contributed by atoms with Crippen molar-refractivity contribution >= 4 is 43.6 Å². The SMILES string of the molecule is c1ccc(-c2cc(-c3ccc4c(c3)c3c(-c5ccc6c(c5)c5ccccc5n6-c5ccccc5)cccc3n4-c3ccccc3)nc(-c3ccccc3)n2)cc1. The predicted octanol–water partition coefficient (Wildman–Crippen LogP) is 13.3. The lowest BCUT2D eigenvalue weighted by Crippen LogP contribution is -1.96. The molecule has 262 valence electrons. The fourth-order valence-corrected chi connectivity index (χ4v) is 8.39. The molecule has 3 heterocycles. The van der Waals surface area contributed by atoms with E-state index in [1.54, 1.807) is 0 Å². The highest BCUT2D eigenvalue weighted by molar-refractivity contribution is 6.18. The number of nitrogens with zero attached hydrogens (tertiary/aromatic N) is 4. The Labute approximate surface area is 324 Å². The molecule has 0 unspecified atom stereocenters. The molecular formula is C52H34N4. The Kier molecular flexibility index (Phi) is 7.46. The van der Waals surface area contributed by atoms with Crippen molar-refractivity contribution in [1.29, 1.82) is 0 Å². The van der Waals surface area contributed by atoms with Crippen LogP contribution in [0.3, 0.4) is 0 Å². The van der Waals surface area contributed by atoms with Crippen LogP contribution in [0.1, 0.15) is 0 Å². The first-order valence-electron chi connectivity index (χ1n) is 19.0. The van der Waals surface area contributed by atoms with Crippen molar-refractivity contribution in [2.24, 2.45) is 0 Å². The second-order valence-electron chi connectivity index (χ2n) is 14.2. The Hall–Kier alpha value is -7.56. The molecule has 0 fully saturated rings. The highest BCUT2D eigenvalue weighted by Crippen LogP contribution is 2.42. The number of benzene rings is 8. The smallest absolute Gasteiger partial charge is 0.160 e. The minimum absolute atomic E-state index is 0.706.